The van der Waals surface area contributed by atoms with Gasteiger partial charge in [-0.25, -0.2) is 9.78 Å². The van der Waals surface area contributed by atoms with E-state index in [9.17, 15) is 14.4 Å². The van der Waals surface area contributed by atoms with E-state index in [0.29, 0.717) is 24.0 Å². The number of hydrogen-bond acceptors (Lipinski definition) is 5. The Kier molecular flexibility index (Phi) is 5.39. The predicted molar refractivity (Wildman–Crippen MR) is 108 cm³/mol. The lowest BCUT2D eigenvalue weighted by atomic mass is 9.92. The fourth-order valence-corrected chi connectivity index (χ4v) is 3.33. The lowest BCUT2D eigenvalue weighted by Crippen LogP contribution is -2.43. The van der Waals surface area contributed by atoms with Crippen LogP contribution < -0.4 is 15.4 Å². The largest absolute Gasteiger partial charge is 0.477 e. The summed E-state index contributed by atoms with van der Waals surface area (Å²) in [7, 11) is 0. The van der Waals surface area contributed by atoms with Gasteiger partial charge in [0.05, 0.1) is 6.61 Å². The Morgan fingerprint density at radius 2 is 2.03 bits per heavy atom. The van der Waals surface area contributed by atoms with Gasteiger partial charge in [-0.05, 0) is 42.9 Å². The van der Waals surface area contributed by atoms with E-state index in [2.05, 4.69) is 15.6 Å². The zero-order valence-corrected chi connectivity index (χ0v) is 16.8. The lowest BCUT2D eigenvalue weighted by molar-refractivity contribution is -0.134. The number of nitrogens with zero attached hydrogens (tertiary/aromatic N) is 2. The molecule has 8 heteroatoms. The van der Waals surface area contributed by atoms with Gasteiger partial charge in [-0.1, -0.05) is 30.3 Å². The molecule has 1 aromatic heterocycles. The minimum absolute atomic E-state index is 0.251. The summed E-state index contributed by atoms with van der Waals surface area (Å²) in [6, 6.07) is 12.0. The number of amides is 4. The van der Waals surface area contributed by atoms with Crippen molar-refractivity contribution < 1.29 is 19.1 Å². The van der Waals surface area contributed by atoms with Crippen molar-refractivity contribution in [1.29, 1.82) is 0 Å². The molecule has 2 aromatic rings. The molecule has 1 saturated carbocycles. The van der Waals surface area contributed by atoms with Crippen LogP contribution in [0, 0.1) is 5.92 Å². The van der Waals surface area contributed by atoms with Gasteiger partial charge in [-0.3, -0.25) is 14.5 Å². The summed E-state index contributed by atoms with van der Waals surface area (Å²) >= 11 is 0. The number of imide groups is 1. The van der Waals surface area contributed by atoms with Crippen molar-refractivity contribution in [3.8, 4) is 5.88 Å². The Morgan fingerprint density at radius 1 is 1.27 bits per heavy atom. The Balaban J connectivity index is 1.33. The van der Waals surface area contributed by atoms with Gasteiger partial charge >= 0.3 is 6.03 Å². The summed E-state index contributed by atoms with van der Waals surface area (Å²) in [4.78, 5) is 42.7. The Labute approximate surface area is 174 Å². The fraction of sp³-hybridized carbons (Fsp3) is 0.364. The summed E-state index contributed by atoms with van der Waals surface area (Å²) < 4.78 is 5.65. The van der Waals surface area contributed by atoms with Crippen LogP contribution in [-0.4, -0.2) is 40.9 Å². The molecule has 1 atom stereocenters. The smallest absolute Gasteiger partial charge is 0.325 e. The van der Waals surface area contributed by atoms with Crippen LogP contribution in [0.25, 0.3) is 0 Å². The summed E-state index contributed by atoms with van der Waals surface area (Å²) in [5.74, 6) is 0.281. The zero-order valence-electron chi connectivity index (χ0n) is 16.8. The number of rotatable bonds is 8. The number of hydrogen-bond donors (Lipinski definition) is 2. The number of pyridine rings is 1. The van der Waals surface area contributed by atoms with Crippen molar-refractivity contribution in [1.82, 2.24) is 20.5 Å². The van der Waals surface area contributed by atoms with E-state index in [4.69, 9.17) is 4.74 Å². The number of carbonyl (C=O) groups is 3. The summed E-state index contributed by atoms with van der Waals surface area (Å²) in [5.41, 5.74) is 0.314. The van der Waals surface area contributed by atoms with E-state index >= 15 is 0 Å². The van der Waals surface area contributed by atoms with Crippen molar-refractivity contribution in [2.45, 2.75) is 31.8 Å². The molecule has 1 aliphatic heterocycles. The highest BCUT2D eigenvalue weighted by Crippen LogP contribution is 2.29. The molecule has 0 unspecified atom stereocenters. The van der Waals surface area contributed by atoms with E-state index < -0.39 is 23.4 Å². The molecule has 2 N–H and O–H groups in total. The molecule has 2 fully saturated rings. The predicted octanol–water partition coefficient (Wildman–Crippen LogP) is 1.95. The molecule has 1 aromatic carbocycles. The molecule has 2 heterocycles. The molecule has 2 aliphatic rings. The van der Waals surface area contributed by atoms with E-state index in [1.54, 1.807) is 49.5 Å². The number of nitrogens with one attached hydrogen (secondary N) is 2. The van der Waals surface area contributed by atoms with Crippen LogP contribution in [-0.2, 0) is 21.7 Å². The topological polar surface area (TPSA) is 101 Å². The fourth-order valence-electron chi connectivity index (χ4n) is 3.33. The molecule has 30 heavy (non-hydrogen) atoms. The maximum atomic E-state index is 12.9. The molecular weight excluding hydrogens is 384 g/mol. The first kappa shape index (κ1) is 19.9. The molecule has 0 spiro atoms. The van der Waals surface area contributed by atoms with Crippen molar-refractivity contribution in [2.24, 2.45) is 5.92 Å². The number of benzene rings is 1. The van der Waals surface area contributed by atoms with Crippen LogP contribution in [0.15, 0.2) is 48.7 Å². The van der Waals surface area contributed by atoms with Gasteiger partial charge < -0.3 is 15.4 Å². The standard InChI is InChI=1S/C22H24N4O4/c1-22(17-5-3-2-4-6-17)20(28)26(21(29)25-22)13-18(27)24-12-16-9-10-23-19(11-16)30-14-15-7-8-15/h2-6,9-11,15H,7-8,12-14H2,1H3,(H,24,27)(H,25,29)/t22-/m1/s1. The number of aromatic nitrogens is 1. The zero-order chi connectivity index (χ0) is 21.1. The van der Waals surface area contributed by atoms with Gasteiger partial charge in [-0.15, -0.1) is 0 Å². The number of urea groups is 1. The maximum Gasteiger partial charge on any atom is 0.325 e. The van der Waals surface area contributed by atoms with E-state index in [-0.39, 0.29) is 13.1 Å². The van der Waals surface area contributed by atoms with Gasteiger partial charge in [0.2, 0.25) is 11.8 Å². The SMILES string of the molecule is C[C@]1(c2ccccc2)NC(=O)N(CC(=O)NCc2ccnc(OCC3CC3)c2)C1=O. The second kappa shape index (κ2) is 8.14. The first-order chi connectivity index (χ1) is 14.5. The van der Waals surface area contributed by atoms with E-state index in [0.717, 1.165) is 10.5 Å². The normalized spacial score (nSPS) is 20.8. The Morgan fingerprint density at radius 3 is 2.77 bits per heavy atom. The third-order valence-corrected chi connectivity index (χ3v) is 5.38. The highest BCUT2D eigenvalue weighted by atomic mass is 16.5. The highest BCUT2D eigenvalue weighted by molar-refractivity contribution is 6.09. The second-order valence-electron chi connectivity index (χ2n) is 7.85. The second-order valence-corrected chi connectivity index (χ2v) is 7.85. The van der Waals surface area contributed by atoms with Crippen molar-refractivity contribution >= 4 is 17.8 Å². The van der Waals surface area contributed by atoms with Gasteiger partial charge in [-0.2, -0.15) is 0 Å². The van der Waals surface area contributed by atoms with Crippen LogP contribution >= 0.6 is 0 Å². The minimum Gasteiger partial charge on any atom is -0.477 e. The van der Waals surface area contributed by atoms with Crippen LogP contribution in [0.2, 0.25) is 0 Å². The van der Waals surface area contributed by atoms with Gasteiger partial charge in [0, 0.05) is 18.8 Å². The molecule has 156 valence electrons. The van der Waals surface area contributed by atoms with Crippen molar-refractivity contribution in [2.75, 3.05) is 13.2 Å². The molecule has 0 radical (unpaired) electrons. The number of carbonyl (C=O) groups excluding carboxylic acids is 3. The minimum atomic E-state index is -1.18. The quantitative estimate of drug-likeness (QED) is 0.651. The van der Waals surface area contributed by atoms with Crippen molar-refractivity contribution in [3.63, 3.8) is 0 Å². The van der Waals surface area contributed by atoms with Gasteiger partial charge in [0.1, 0.15) is 12.1 Å². The summed E-state index contributed by atoms with van der Waals surface area (Å²) in [6.07, 6.45) is 4.02. The number of ether oxygens (including phenoxy) is 1. The molecule has 0 bridgehead atoms. The molecule has 8 nitrogen and oxygen atoms in total. The summed E-state index contributed by atoms with van der Waals surface area (Å²) in [6.45, 7) is 2.21. The lowest BCUT2D eigenvalue weighted by Gasteiger charge is -2.22. The molecule has 4 rings (SSSR count). The Bertz CT molecular complexity index is 961. The third-order valence-electron chi connectivity index (χ3n) is 5.38. The van der Waals surface area contributed by atoms with Gasteiger partial charge in [0.25, 0.3) is 5.91 Å². The highest BCUT2D eigenvalue weighted by Gasteiger charge is 2.49. The average Bonchev–Trinajstić information content (AvgIpc) is 3.56. The maximum absolute atomic E-state index is 12.9. The molecule has 4 amide bonds. The monoisotopic (exact) mass is 408 g/mol. The first-order valence-electron chi connectivity index (χ1n) is 10.00. The third kappa shape index (κ3) is 4.27. The summed E-state index contributed by atoms with van der Waals surface area (Å²) in [5, 5.41) is 5.44. The van der Waals surface area contributed by atoms with Crippen LogP contribution in [0.1, 0.15) is 30.9 Å². The van der Waals surface area contributed by atoms with Crippen LogP contribution in [0.3, 0.4) is 0 Å². The molecular formula is C22H24N4O4. The van der Waals surface area contributed by atoms with Crippen LogP contribution in [0.5, 0.6) is 5.88 Å². The Hall–Kier alpha value is -3.42. The van der Waals surface area contributed by atoms with E-state index in [1.807, 2.05) is 6.07 Å². The van der Waals surface area contributed by atoms with Gasteiger partial charge in [0.15, 0.2) is 0 Å². The molecule has 1 saturated heterocycles. The molecule has 1 aliphatic carbocycles. The van der Waals surface area contributed by atoms with E-state index in [1.165, 1.54) is 12.8 Å². The average molecular weight is 408 g/mol. The van der Waals surface area contributed by atoms with Crippen LogP contribution in [0.4, 0.5) is 4.79 Å². The first-order valence-corrected chi connectivity index (χ1v) is 10.00. The van der Waals surface area contributed by atoms with Crippen molar-refractivity contribution in [3.05, 3.63) is 59.8 Å².